The SMILES string of the molecule is COc1ccc(NC(=O)c2ccc(NC(=O)c3ccc(C)c(S(=O)(=O)Nc4ccccc4OC)c3)cc2)cc1. The van der Waals surface area contributed by atoms with Crippen LogP contribution < -0.4 is 24.8 Å². The summed E-state index contributed by atoms with van der Waals surface area (Å²) in [7, 11) is -1.00. The van der Waals surface area contributed by atoms with Crippen LogP contribution in [-0.2, 0) is 10.0 Å². The van der Waals surface area contributed by atoms with Gasteiger partial charge in [0.25, 0.3) is 21.8 Å². The van der Waals surface area contributed by atoms with Crippen LogP contribution in [0.15, 0.2) is 95.9 Å². The van der Waals surface area contributed by atoms with Gasteiger partial charge in [0.2, 0.25) is 0 Å². The Kier molecular flexibility index (Phi) is 8.16. The molecule has 0 heterocycles. The van der Waals surface area contributed by atoms with Crippen LogP contribution in [0.5, 0.6) is 11.5 Å². The van der Waals surface area contributed by atoms with Crippen molar-refractivity contribution < 1.29 is 27.5 Å². The number of carbonyl (C=O) groups is 2. The second-order valence-corrected chi connectivity index (χ2v) is 10.2. The van der Waals surface area contributed by atoms with E-state index in [0.717, 1.165) is 0 Å². The number of amides is 2. The van der Waals surface area contributed by atoms with Crippen molar-refractivity contribution in [2.45, 2.75) is 11.8 Å². The minimum absolute atomic E-state index is 0.0355. The molecule has 10 heteroatoms. The van der Waals surface area contributed by atoms with Gasteiger partial charge in [-0.15, -0.1) is 0 Å². The number of carbonyl (C=O) groups excluding carboxylic acids is 2. The molecular weight excluding hydrogens is 518 g/mol. The summed E-state index contributed by atoms with van der Waals surface area (Å²) in [5, 5.41) is 5.53. The van der Waals surface area contributed by atoms with Crippen LogP contribution in [0.3, 0.4) is 0 Å². The number of para-hydroxylation sites is 2. The van der Waals surface area contributed by atoms with Crippen molar-refractivity contribution in [1.29, 1.82) is 0 Å². The number of aryl methyl sites for hydroxylation is 1. The van der Waals surface area contributed by atoms with Gasteiger partial charge in [-0.1, -0.05) is 18.2 Å². The summed E-state index contributed by atoms with van der Waals surface area (Å²) in [5.74, 6) is 0.237. The highest BCUT2D eigenvalue weighted by Crippen LogP contribution is 2.28. The third-order valence-corrected chi connectivity index (χ3v) is 7.35. The first-order chi connectivity index (χ1) is 18.7. The molecule has 4 aromatic carbocycles. The molecule has 3 N–H and O–H groups in total. The van der Waals surface area contributed by atoms with Gasteiger partial charge in [-0.3, -0.25) is 14.3 Å². The number of anilines is 3. The molecule has 0 radical (unpaired) electrons. The van der Waals surface area contributed by atoms with Crippen molar-refractivity contribution in [3.8, 4) is 11.5 Å². The van der Waals surface area contributed by atoms with E-state index >= 15 is 0 Å². The van der Waals surface area contributed by atoms with E-state index in [0.29, 0.717) is 34.0 Å². The zero-order valence-electron chi connectivity index (χ0n) is 21.5. The van der Waals surface area contributed by atoms with Crippen LogP contribution >= 0.6 is 0 Å². The lowest BCUT2D eigenvalue weighted by Gasteiger charge is -2.14. The molecular formula is C29H27N3O6S. The topological polar surface area (TPSA) is 123 Å². The number of methoxy groups -OCH3 is 2. The van der Waals surface area contributed by atoms with Gasteiger partial charge in [0.15, 0.2) is 0 Å². The Morgan fingerprint density at radius 1 is 0.692 bits per heavy atom. The molecule has 0 aliphatic heterocycles. The molecule has 9 nitrogen and oxygen atoms in total. The second-order valence-electron chi connectivity index (χ2n) is 8.50. The van der Waals surface area contributed by atoms with E-state index in [1.807, 2.05) is 0 Å². The molecule has 0 bridgehead atoms. The van der Waals surface area contributed by atoms with Crippen LogP contribution in [0.25, 0.3) is 0 Å². The van der Waals surface area contributed by atoms with E-state index in [9.17, 15) is 18.0 Å². The Labute approximate surface area is 226 Å². The van der Waals surface area contributed by atoms with Gasteiger partial charge in [0.05, 0.1) is 24.8 Å². The highest BCUT2D eigenvalue weighted by atomic mass is 32.2. The van der Waals surface area contributed by atoms with Crippen molar-refractivity contribution in [2.75, 3.05) is 29.6 Å². The largest absolute Gasteiger partial charge is 0.497 e. The molecule has 39 heavy (non-hydrogen) atoms. The summed E-state index contributed by atoms with van der Waals surface area (Å²) in [5.41, 5.74) is 2.37. The Bertz CT molecular complexity index is 1600. The lowest BCUT2D eigenvalue weighted by atomic mass is 10.1. The zero-order chi connectivity index (χ0) is 28.0. The Balaban J connectivity index is 1.46. The van der Waals surface area contributed by atoms with E-state index in [-0.39, 0.29) is 22.1 Å². The molecule has 0 fully saturated rings. The molecule has 200 valence electrons. The fraction of sp³-hybridized carbons (Fsp3) is 0.103. The summed E-state index contributed by atoms with van der Waals surface area (Å²) in [4.78, 5) is 25.5. The average Bonchev–Trinajstić information content (AvgIpc) is 2.94. The molecule has 0 aliphatic carbocycles. The van der Waals surface area contributed by atoms with Gasteiger partial charge in [0.1, 0.15) is 11.5 Å². The second kappa shape index (κ2) is 11.7. The Morgan fingerprint density at radius 2 is 1.26 bits per heavy atom. The third kappa shape index (κ3) is 6.55. The maximum absolute atomic E-state index is 13.1. The molecule has 0 aliphatic rings. The maximum atomic E-state index is 13.1. The minimum Gasteiger partial charge on any atom is -0.497 e. The first kappa shape index (κ1) is 27.2. The van der Waals surface area contributed by atoms with Gasteiger partial charge in [0, 0.05) is 22.5 Å². The Morgan fingerprint density at radius 3 is 1.87 bits per heavy atom. The summed E-state index contributed by atoms with van der Waals surface area (Å²) in [6, 6.07) is 24.4. The molecule has 4 rings (SSSR count). The van der Waals surface area contributed by atoms with Crippen LogP contribution in [0.2, 0.25) is 0 Å². The third-order valence-electron chi connectivity index (χ3n) is 5.84. The van der Waals surface area contributed by atoms with E-state index in [4.69, 9.17) is 9.47 Å². The molecule has 4 aromatic rings. The highest BCUT2D eigenvalue weighted by molar-refractivity contribution is 7.92. The molecule has 0 saturated heterocycles. The number of nitrogens with one attached hydrogen (secondary N) is 3. The maximum Gasteiger partial charge on any atom is 0.262 e. The van der Waals surface area contributed by atoms with E-state index in [1.54, 1.807) is 99.0 Å². The van der Waals surface area contributed by atoms with Gasteiger partial charge in [-0.2, -0.15) is 0 Å². The highest BCUT2D eigenvalue weighted by Gasteiger charge is 2.21. The van der Waals surface area contributed by atoms with E-state index < -0.39 is 15.9 Å². The monoisotopic (exact) mass is 545 g/mol. The van der Waals surface area contributed by atoms with E-state index in [1.165, 1.54) is 13.2 Å². The lowest BCUT2D eigenvalue weighted by Crippen LogP contribution is -2.17. The molecule has 0 atom stereocenters. The van der Waals surface area contributed by atoms with Crippen LogP contribution in [0.4, 0.5) is 17.1 Å². The van der Waals surface area contributed by atoms with Crippen molar-refractivity contribution >= 4 is 38.9 Å². The number of rotatable bonds is 9. The zero-order valence-corrected chi connectivity index (χ0v) is 22.3. The van der Waals surface area contributed by atoms with Gasteiger partial charge < -0.3 is 20.1 Å². The predicted octanol–water partition coefficient (Wildman–Crippen LogP) is 5.32. The first-order valence-corrected chi connectivity index (χ1v) is 13.3. The lowest BCUT2D eigenvalue weighted by molar-refractivity contribution is 0.101. The minimum atomic E-state index is -4.01. The average molecular weight is 546 g/mol. The molecule has 2 amide bonds. The van der Waals surface area contributed by atoms with Crippen molar-refractivity contribution in [3.63, 3.8) is 0 Å². The normalized spacial score (nSPS) is 10.8. The van der Waals surface area contributed by atoms with Gasteiger partial charge >= 0.3 is 0 Å². The molecule has 0 aromatic heterocycles. The summed E-state index contributed by atoms with van der Waals surface area (Å²) < 4.78 is 39.2. The standard InChI is InChI=1S/C29H27N3O6S/c1-19-8-9-21(18-27(19)39(35,36)32-25-6-4-5-7-26(25)38-3)29(34)31-22-12-10-20(11-13-22)28(33)30-23-14-16-24(37-2)17-15-23/h4-18,32H,1-3H3,(H,30,33)(H,31,34). The quantitative estimate of drug-likeness (QED) is 0.262. The molecule has 0 saturated carbocycles. The predicted molar refractivity (Wildman–Crippen MR) is 150 cm³/mol. The summed E-state index contributed by atoms with van der Waals surface area (Å²) >= 11 is 0. The molecule has 0 spiro atoms. The van der Waals surface area contributed by atoms with Gasteiger partial charge in [-0.05, 0) is 85.3 Å². The fourth-order valence-electron chi connectivity index (χ4n) is 3.75. The first-order valence-electron chi connectivity index (χ1n) is 11.8. The summed E-state index contributed by atoms with van der Waals surface area (Å²) in [6.07, 6.45) is 0. The van der Waals surface area contributed by atoms with Gasteiger partial charge in [-0.25, -0.2) is 8.42 Å². The molecule has 0 unspecified atom stereocenters. The number of ether oxygens (including phenoxy) is 2. The van der Waals surface area contributed by atoms with Crippen molar-refractivity contribution in [2.24, 2.45) is 0 Å². The Hall–Kier alpha value is -4.83. The van der Waals surface area contributed by atoms with E-state index in [2.05, 4.69) is 15.4 Å². The van der Waals surface area contributed by atoms with Crippen molar-refractivity contribution in [3.05, 3.63) is 108 Å². The smallest absolute Gasteiger partial charge is 0.262 e. The number of benzene rings is 4. The van der Waals surface area contributed by atoms with Crippen molar-refractivity contribution in [1.82, 2.24) is 0 Å². The fourth-order valence-corrected chi connectivity index (χ4v) is 5.09. The number of sulfonamides is 1. The number of hydrogen-bond acceptors (Lipinski definition) is 6. The van der Waals surface area contributed by atoms with Crippen LogP contribution in [-0.4, -0.2) is 34.5 Å². The van der Waals surface area contributed by atoms with Crippen LogP contribution in [0.1, 0.15) is 26.3 Å². The van der Waals surface area contributed by atoms with Crippen LogP contribution in [0, 0.1) is 6.92 Å². The number of hydrogen-bond donors (Lipinski definition) is 3. The summed E-state index contributed by atoms with van der Waals surface area (Å²) in [6.45, 7) is 1.65.